The van der Waals surface area contributed by atoms with Gasteiger partial charge in [0.15, 0.2) is 0 Å². The smallest absolute Gasteiger partial charge is 0.252 e. The summed E-state index contributed by atoms with van der Waals surface area (Å²) in [4.78, 5) is 11.5. The lowest BCUT2D eigenvalue weighted by atomic mass is 10.0. The van der Waals surface area contributed by atoms with E-state index >= 15 is 0 Å². The number of aryl methyl sites for hydroxylation is 1. The summed E-state index contributed by atoms with van der Waals surface area (Å²) < 4.78 is 0. The maximum Gasteiger partial charge on any atom is 0.252 e. The van der Waals surface area contributed by atoms with Crippen LogP contribution >= 0.6 is 0 Å². The van der Waals surface area contributed by atoms with Crippen LogP contribution in [0.15, 0.2) is 18.2 Å². The van der Waals surface area contributed by atoms with Crippen molar-refractivity contribution in [1.82, 2.24) is 5.32 Å². The second kappa shape index (κ2) is 1.95. The lowest BCUT2D eigenvalue weighted by molar-refractivity contribution is 0.0952. The van der Waals surface area contributed by atoms with Gasteiger partial charge in [-0.2, -0.15) is 0 Å². The normalized spacial score (nSPS) is 21.5. The van der Waals surface area contributed by atoms with Crippen LogP contribution < -0.4 is 5.32 Å². The number of benzene rings is 1. The van der Waals surface area contributed by atoms with Crippen molar-refractivity contribution in [2.45, 2.75) is 25.3 Å². The molecule has 66 valence electrons. The third-order valence-corrected chi connectivity index (χ3v) is 3.04. The van der Waals surface area contributed by atoms with Crippen molar-refractivity contribution in [2.75, 3.05) is 0 Å². The Morgan fingerprint density at radius 3 is 2.85 bits per heavy atom. The van der Waals surface area contributed by atoms with Gasteiger partial charge in [-0.3, -0.25) is 4.79 Å². The minimum absolute atomic E-state index is 0.0401. The first-order valence-corrected chi connectivity index (χ1v) is 4.65. The van der Waals surface area contributed by atoms with Crippen LogP contribution in [0.1, 0.15) is 34.3 Å². The van der Waals surface area contributed by atoms with Crippen molar-refractivity contribution in [3.8, 4) is 0 Å². The van der Waals surface area contributed by atoms with Gasteiger partial charge in [-0.05, 0) is 31.4 Å². The number of rotatable bonds is 0. The molecule has 1 aliphatic carbocycles. The maximum atomic E-state index is 11.5. The van der Waals surface area contributed by atoms with Gasteiger partial charge in [0.05, 0.1) is 5.54 Å². The minimum Gasteiger partial charge on any atom is -0.342 e. The fourth-order valence-corrected chi connectivity index (χ4v) is 2.12. The molecule has 1 saturated carbocycles. The second-order valence-electron chi connectivity index (χ2n) is 4.09. The van der Waals surface area contributed by atoms with Crippen molar-refractivity contribution in [3.05, 3.63) is 34.9 Å². The van der Waals surface area contributed by atoms with E-state index in [0.717, 1.165) is 18.4 Å². The number of fused-ring (bicyclic) bond motifs is 2. The molecule has 2 nitrogen and oxygen atoms in total. The number of carbonyl (C=O) groups is 1. The van der Waals surface area contributed by atoms with E-state index in [2.05, 4.69) is 18.3 Å². The van der Waals surface area contributed by atoms with E-state index in [1.54, 1.807) is 0 Å². The lowest BCUT2D eigenvalue weighted by Gasteiger charge is -2.07. The van der Waals surface area contributed by atoms with E-state index < -0.39 is 0 Å². The third kappa shape index (κ3) is 0.804. The van der Waals surface area contributed by atoms with Gasteiger partial charge in [-0.15, -0.1) is 0 Å². The molecule has 0 aromatic heterocycles. The van der Waals surface area contributed by atoms with Gasteiger partial charge >= 0.3 is 0 Å². The average molecular weight is 173 g/mol. The molecule has 0 unspecified atom stereocenters. The van der Waals surface area contributed by atoms with Crippen LogP contribution in [0.25, 0.3) is 0 Å². The maximum absolute atomic E-state index is 11.5. The van der Waals surface area contributed by atoms with Gasteiger partial charge in [0.1, 0.15) is 0 Å². The molecule has 1 heterocycles. The van der Waals surface area contributed by atoms with Gasteiger partial charge < -0.3 is 5.32 Å². The molecule has 1 N–H and O–H groups in total. The van der Waals surface area contributed by atoms with Crippen LogP contribution in [0.5, 0.6) is 0 Å². The zero-order chi connectivity index (χ0) is 9.05. The summed E-state index contributed by atoms with van der Waals surface area (Å²) in [6.45, 7) is 2.07. The Kier molecular flexibility index (Phi) is 1.07. The van der Waals surface area contributed by atoms with Crippen LogP contribution in [0, 0.1) is 6.92 Å². The number of carbonyl (C=O) groups excluding carboxylic acids is 1. The quantitative estimate of drug-likeness (QED) is 0.636. The van der Waals surface area contributed by atoms with Crippen molar-refractivity contribution in [1.29, 1.82) is 0 Å². The highest BCUT2D eigenvalue weighted by molar-refractivity contribution is 6.00. The summed E-state index contributed by atoms with van der Waals surface area (Å²) in [6, 6.07) is 6.08. The summed E-state index contributed by atoms with van der Waals surface area (Å²) in [7, 11) is 0. The van der Waals surface area contributed by atoms with E-state index in [-0.39, 0.29) is 11.4 Å². The minimum atomic E-state index is 0.0401. The molecule has 0 saturated heterocycles. The van der Waals surface area contributed by atoms with Crippen LogP contribution in [-0.2, 0) is 5.54 Å². The average Bonchev–Trinajstić information content (AvgIpc) is 2.79. The largest absolute Gasteiger partial charge is 0.342 e. The Labute approximate surface area is 77.0 Å². The first-order chi connectivity index (χ1) is 6.21. The van der Waals surface area contributed by atoms with Crippen LogP contribution in [0.4, 0.5) is 0 Å². The Morgan fingerprint density at radius 1 is 1.38 bits per heavy atom. The SMILES string of the molecule is Cc1ccc2c(c1)C1(CC1)NC2=O. The highest BCUT2D eigenvalue weighted by Gasteiger charge is 2.51. The number of hydrogen-bond donors (Lipinski definition) is 1. The van der Waals surface area contributed by atoms with Crippen molar-refractivity contribution >= 4 is 5.91 Å². The molecule has 3 rings (SSSR count). The molecule has 2 aliphatic rings. The Morgan fingerprint density at radius 2 is 2.15 bits per heavy atom. The highest BCUT2D eigenvalue weighted by atomic mass is 16.2. The van der Waals surface area contributed by atoms with E-state index in [0.29, 0.717) is 0 Å². The van der Waals surface area contributed by atoms with Crippen molar-refractivity contribution in [2.24, 2.45) is 0 Å². The molecular weight excluding hydrogens is 162 g/mol. The fourth-order valence-electron chi connectivity index (χ4n) is 2.12. The first kappa shape index (κ1) is 7.13. The third-order valence-electron chi connectivity index (χ3n) is 3.04. The van der Waals surface area contributed by atoms with E-state index in [1.165, 1.54) is 11.1 Å². The van der Waals surface area contributed by atoms with Gasteiger partial charge in [0.2, 0.25) is 0 Å². The molecule has 1 amide bonds. The molecule has 1 aliphatic heterocycles. The first-order valence-electron chi connectivity index (χ1n) is 4.65. The molecule has 0 atom stereocenters. The topological polar surface area (TPSA) is 29.1 Å². The fraction of sp³-hybridized carbons (Fsp3) is 0.364. The molecule has 1 aromatic rings. The van der Waals surface area contributed by atoms with Gasteiger partial charge in [0, 0.05) is 5.56 Å². The second-order valence-corrected chi connectivity index (χ2v) is 4.09. The summed E-state index contributed by atoms with van der Waals surface area (Å²) >= 11 is 0. The molecule has 0 radical (unpaired) electrons. The number of hydrogen-bond acceptors (Lipinski definition) is 1. The monoisotopic (exact) mass is 173 g/mol. The van der Waals surface area contributed by atoms with Crippen LogP contribution in [0.3, 0.4) is 0 Å². The Bertz CT molecular complexity index is 405. The van der Waals surface area contributed by atoms with Crippen LogP contribution in [0.2, 0.25) is 0 Å². The van der Waals surface area contributed by atoms with Crippen molar-refractivity contribution < 1.29 is 4.79 Å². The molecule has 1 fully saturated rings. The zero-order valence-electron chi connectivity index (χ0n) is 7.55. The van der Waals surface area contributed by atoms with Gasteiger partial charge in [-0.25, -0.2) is 0 Å². The molecule has 1 aromatic carbocycles. The predicted octanol–water partition coefficient (Wildman–Crippen LogP) is 1.73. The van der Waals surface area contributed by atoms with Gasteiger partial charge in [0.25, 0.3) is 5.91 Å². The number of nitrogens with one attached hydrogen (secondary N) is 1. The van der Waals surface area contributed by atoms with E-state index in [9.17, 15) is 4.79 Å². The number of amides is 1. The lowest BCUT2D eigenvalue weighted by Crippen LogP contribution is -2.25. The highest BCUT2D eigenvalue weighted by Crippen LogP contribution is 2.50. The summed E-state index contributed by atoms with van der Waals surface area (Å²) in [5.74, 6) is 0.104. The van der Waals surface area contributed by atoms with Crippen LogP contribution in [-0.4, -0.2) is 5.91 Å². The molecule has 2 heteroatoms. The Hall–Kier alpha value is -1.31. The summed E-state index contributed by atoms with van der Waals surface area (Å²) in [6.07, 6.45) is 2.21. The standard InChI is InChI=1S/C11H11NO/c1-7-2-3-8-9(6-7)11(4-5-11)12-10(8)13/h2-3,6H,4-5H2,1H3,(H,12,13). The molecule has 0 bridgehead atoms. The summed E-state index contributed by atoms with van der Waals surface area (Å²) in [5, 5.41) is 3.06. The van der Waals surface area contributed by atoms with Gasteiger partial charge in [-0.1, -0.05) is 17.7 Å². The predicted molar refractivity (Wildman–Crippen MR) is 49.6 cm³/mol. The Balaban J connectivity index is 2.26. The summed E-state index contributed by atoms with van der Waals surface area (Å²) in [5.41, 5.74) is 3.38. The molecular formula is C11H11NO. The zero-order valence-corrected chi connectivity index (χ0v) is 7.55. The molecule has 13 heavy (non-hydrogen) atoms. The molecule has 1 spiro atoms. The van der Waals surface area contributed by atoms with E-state index in [4.69, 9.17) is 0 Å². The van der Waals surface area contributed by atoms with E-state index in [1.807, 2.05) is 12.1 Å². The van der Waals surface area contributed by atoms with Crippen molar-refractivity contribution in [3.63, 3.8) is 0 Å².